The lowest BCUT2D eigenvalue weighted by molar-refractivity contribution is -0.122. The minimum atomic E-state index is -0.675. The zero-order valence-corrected chi connectivity index (χ0v) is 17.6. The third kappa shape index (κ3) is 5.38. The molecule has 1 atom stereocenters. The van der Waals surface area contributed by atoms with Crippen molar-refractivity contribution in [2.24, 2.45) is 0 Å². The summed E-state index contributed by atoms with van der Waals surface area (Å²) >= 11 is 13.5. The predicted molar refractivity (Wildman–Crippen MR) is 113 cm³/mol. The standard InChI is InChI=1S/C20H18Cl2N2O3S/c1-12(27-16-7-5-15(26-2)6-8-16)19(25)24-20-23-11-17(28-20)9-13-3-4-14(21)10-18(13)22/h3-8,10-12H,9H2,1-2H3,(H,23,24,25). The molecule has 3 rings (SSSR count). The number of aromatic nitrogens is 1. The monoisotopic (exact) mass is 436 g/mol. The maximum absolute atomic E-state index is 12.4. The highest BCUT2D eigenvalue weighted by Gasteiger charge is 2.17. The van der Waals surface area contributed by atoms with Crippen molar-refractivity contribution in [3.63, 3.8) is 0 Å². The summed E-state index contributed by atoms with van der Waals surface area (Å²) in [7, 11) is 1.59. The van der Waals surface area contributed by atoms with Crippen LogP contribution in [0, 0.1) is 0 Å². The first-order valence-electron chi connectivity index (χ1n) is 8.45. The van der Waals surface area contributed by atoms with Gasteiger partial charge in [0.1, 0.15) is 11.5 Å². The zero-order chi connectivity index (χ0) is 20.1. The molecule has 1 aromatic heterocycles. The van der Waals surface area contributed by atoms with Gasteiger partial charge in [-0.1, -0.05) is 29.3 Å². The van der Waals surface area contributed by atoms with E-state index in [2.05, 4.69) is 10.3 Å². The van der Waals surface area contributed by atoms with Crippen molar-refractivity contribution in [1.82, 2.24) is 4.98 Å². The van der Waals surface area contributed by atoms with Gasteiger partial charge in [0.2, 0.25) is 0 Å². The molecule has 0 radical (unpaired) electrons. The first kappa shape index (κ1) is 20.5. The summed E-state index contributed by atoms with van der Waals surface area (Å²) in [5, 5.41) is 4.49. The third-order valence-electron chi connectivity index (χ3n) is 3.91. The Bertz CT molecular complexity index is 960. The summed E-state index contributed by atoms with van der Waals surface area (Å²) in [6, 6.07) is 12.4. The molecule has 1 unspecified atom stereocenters. The molecule has 1 amide bonds. The number of anilines is 1. The summed E-state index contributed by atoms with van der Waals surface area (Å²) in [5.74, 6) is 1.03. The number of hydrogen-bond donors (Lipinski definition) is 1. The second kappa shape index (κ2) is 9.28. The van der Waals surface area contributed by atoms with Crippen LogP contribution in [-0.4, -0.2) is 24.1 Å². The fourth-order valence-electron chi connectivity index (χ4n) is 2.42. The Hall–Kier alpha value is -2.28. The van der Waals surface area contributed by atoms with Crippen LogP contribution >= 0.6 is 34.5 Å². The first-order chi connectivity index (χ1) is 13.4. The molecule has 0 saturated heterocycles. The number of amides is 1. The highest BCUT2D eigenvalue weighted by Crippen LogP contribution is 2.27. The van der Waals surface area contributed by atoms with Gasteiger partial charge in [0.05, 0.1) is 7.11 Å². The lowest BCUT2D eigenvalue weighted by Crippen LogP contribution is -2.30. The number of halogens is 2. The molecule has 2 aromatic carbocycles. The summed E-state index contributed by atoms with van der Waals surface area (Å²) in [5.41, 5.74) is 0.948. The van der Waals surface area contributed by atoms with E-state index in [-0.39, 0.29) is 5.91 Å². The number of thiazole rings is 1. The van der Waals surface area contributed by atoms with Crippen molar-refractivity contribution in [1.29, 1.82) is 0 Å². The van der Waals surface area contributed by atoms with E-state index >= 15 is 0 Å². The van der Waals surface area contributed by atoms with E-state index in [4.69, 9.17) is 32.7 Å². The Balaban J connectivity index is 1.58. The Morgan fingerprint density at radius 1 is 1.18 bits per heavy atom. The van der Waals surface area contributed by atoms with Gasteiger partial charge in [-0.25, -0.2) is 4.98 Å². The SMILES string of the molecule is COc1ccc(OC(C)C(=O)Nc2ncc(Cc3ccc(Cl)cc3Cl)s2)cc1. The van der Waals surface area contributed by atoms with Crippen molar-refractivity contribution < 1.29 is 14.3 Å². The van der Waals surface area contributed by atoms with Gasteiger partial charge in [-0.3, -0.25) is 10.1 Å². The number of nitrogens with one attached hydrogen (secondary N) is 1. The normalized spacial score (nSPS) is 11.7. The molecule has 0 aliphatic carbocycles. The van der Waals surface area contributed by atoms with E-state index in [9.17, 15) is 4.79 Å². The van der Waals surface area contributed by atoms with E-state index in [1.54, 1.807) is 56.6 Å². The van der Waals surface area contributed by atoms with Crippen molar-refractivity contribution in [3.8, 4) is 11.5 Å². The largest absolute Gasteiger partial charge is 0.497 e. The molecular weight excluding hydrogens is 419 g/mol. The van der Waals surface area contributed by atoms with Gasteiger partial charge >= 0.3 is 0 Å². The fourth-order valence-corrected chi connectivity index (χ4v) is 3.73. The maximum atomic E-state index is 12.4. The van der Waals surface area contributed by atoms with Crippen molar-refractivity contribution >= 4 is 45.6 Å². The lowest BCUT2D eigenvalue weighted by atomic mass is 10.1. The van der Waals surface area contributed by atoms with Crippen LogP contribution in [-0.2, 0) is 11.2 Å². The average molecular weight is 437 g/mol. The molecule has 0 aliphatic heterocycles. The minimum Gasteiger partial charge on any atom is -0.497 e. The predicted octanol–water partition coefficient (Wildman–Crippen LogP) is 5.46. The number of carbonyl (C=O) groups is 1. The molecule has 3 aromatic rings. The van der Waals surface area contributed by atoms with Gasteiger partial charge in [-0.05, 0) is 48.9 Å². The van der Waals surface area contributed by atoms with Gasteiger partial charge in [0.25, 0.3) is 5.91 Å². The van der Waals surface area contributed by atoms with Crippen LogP contribution in [0.15, 0.2) is 48.7 Å². The Kier molecular flexibility index (Phi) is 6.78. The zero-order valence-electron chi connectivity index (χ0n) is 15.2. The van der Waals surface area contributed by atoms with Crippen LogP contribution in [0.4, 0.5) is 5.13 Å². The van der Waals surface area contributed by atoms with Crippen LogP contribution in [0.2, 0.25) is 10.0 Å². The van der Waals surface area contributed by atoms with Crippen LogP contribution in [0.3, 0.4) is 0 Å². The number of carbonyl (C=O) groups excluding carboxylic acids is 1. The summed E-state index contributed by atoms with van der Waals surface area (Å²) in [6.45, 7) is 1.68. The minimum absolute atomic E-state index is 0.277. The van der Waals surface area contributed by atoms with E-state index in [0.29, 0.717) is 27.3 Å². The van der Waals surface area contributed by atoms with Gasteiger partial charge in [0.15, 0.2) is 11.2 Å². The summed E-state index contributed by atoms with van der Waals surface area (Å²) in [6.07, 6.45) is 1.66. The molecule has 146 valence electrons. The Labute approximate surface area is 177 Å². The summed E-state index contributed by atoms with van der Waals surface area (Å²) in [4.78, 5) is 17.6. The first-order valence-corrected chi connectivity index (χ1v) is 10.0. The molecule has 0 fully saturated rings. The lowest BCUT2D eigenvalue weighted by Gasteiger charge is -2.13. The second-order valence-electron chi connectivity index (χ2n) is 5.97. The number of rotatable bonds is 7. The Morgan fingerprint density at radius 3 is 2.57 bits per heavy atom. The maximum Gasteiger partial charge on any atom is 0.266 e. The average Bonchev–Trinajstić information content (AvgIpc) is 3.11. The van der Waals surface area contributed by atoms with Crippen LogP contribution in [0.5, 0.6) is 11.5 Å². The number of methoxy groups -OCH3 is 1. The third-order valence-corrected chi connectivity index (χ3v) is 5.40. The van der Waals surface area contributed by atoms with Crippen molar-refractivity contribution in [2.75, 3.05) is 12.4 Å². The van der Waals surface area contributed by atoms with Crippen LogP contribution < -0.4 is 14.8 Å². The molecule has 8 heteroatoms. The molecule has 1 heterocycles. The van der Waals surface area contributed by atoms with Gasteiger partial charge in [0, 0.05) is 27.5 Å². The van der Waals surface area contributed by atoms with E-state index < -0.39 is 6.10 Å². The smallest absolute Gasteiger partial charge is 0.266 e. The number of ether oxygens (including phenoxy) is 2. The van der Waals surface area contributed by atoms with E-state index in [0.717, 1.165) is 16.2 Å². The topological polar surface area (TPSA) is 60.5 Å². The molecular formula is C20H18Cl2N2O3S. The van der Waals surface area contributed by atoms with Gasteiger partial charge in [-0.15, -0.1) is 11.3 Å². The molecule has 5 nitrogen and oxygen atoms in total. The number of nitrogens with zero attached hydrogens (tertiary/aromatic N) is 1. The fraction of sp³-hybridized carbons (Fsp3) is 0.200. The second-order valence-corrected chi connectivity index (χ2v) is 7.93. The molecule has 0 aliphatic rings. The quantitative estimate of drug-likeness (QED) is 0.534. The van der Waals surface area contributed by atoms with E-state index in [1.165, 1.54) is 11.3 Å². The molecule has 0 bridgehead atoms. The molecule has 0 saturated carbocycles. The van der Waals surface area contributed by atoms with Crippen molar-refractivity contribution in [3.05, 3.63) is 69.1 Å². The molecule has 1 N–H and O–H groups in total. The number of hydrogen-bond acceptors (Lipinski definition) is 5. The Morgan fingerprint density at radius 2 is 1.89 bits per heavy atom. The highest BCUT2D eigenvalue weighted by atomic mass is 35.5. The van der Waals surface area contributed by atoms with Crippen molar-refractivity contribution in [2.45, 2.75) is 19.4 Å². The molecule has 0 spiro atoms. The van der Waals surface area contributed by atoms with E-state index in [1.807, 2.05) is 6.07 Å². The van der Waals surface area contributed by atoms with Gasteiger partial charge in [-0.2, -0.15) is 0 Å². The van der Waals surface area contributed by atoms with Crippen LogP contribution in [0.1, 0.15) is 17.4 Å². The number of benzene rings is 2. The highest BCUT2D eigenvalue weighted by molar-refractivity contribution is 7.15. The van der Waals surface area contributed by atoms with Gasteiger partial charge < -0.3 is 9.47 Å². The van der Waals surface area contributed by atoms with Crippen LogP contribution in [0.25, 0.3) is 0 Å². The molecule has 28 heavy (non-hydrogen) atoms. The summed E-state index contributed by atoms with van der Waals surface area (Å²) < 4.78 is 10.8.